The van der Waals surface area contributed by atoms with Crippen molar-refractivity contribution in [2.45, 2.75) is 13.0 Å². The van der Waals surface area contributed by atoms with Crippen LogP contribution in [0.3, 0.4) is 0 Å². The molecule has 1 amide bonds. The number of carbonyl (C=O) groups is 1. The van der Waals surface area contributed by atoms with Crippen molar-refractivity contribution in [2.75, 3.05) is 24.7 Å². The first-order valence-corrected chi connectivity index (χ1v) is 9.56. The van der Waals surface area contributed by atoms with Crippen LogP contribution < -0.4 is 14.4 Å². The Morgan fingerprint density at radius 1 is 1.16 bits per heavy atom. The maximum atomic E-state index is 12.7. The molecule has 2 rings (SSSR count). The second kappa shape index (κ2) is 7.57. The molecular weight excluding hydrogens is 340 g/mol. The van der Waals surface area contributed by atoms with Gasteiger partial charge < -0.3 is 10.1 Å². The summed E-state index contributed by atoms with van der Waals surface area (Å²) >= 11 is 0. The monoisotopic (exact) mass is 362 g/mol. The number of ether oxygens (including phenoxy) is 1. The molecule has 0 aliphatic heterocycles. The van der Waals surface area contributed by atoms with Gasteiger partial charge >= 0.3 is 0 Å². The van der Waals surface area contributed by atoms with Crippen molar-refractivity contribution in [1.29, 1.82) is 0 Å². The van der Waals surface area contributed by atoms with E-state index in [4.69, 9.17) is 4.74 Å². The molecule has 2 aromatic carbocycles. The number of sulfonamides is 1. The third-order valence-electron chi connectivity index (χ3n) is 3.94. The maximum Gasteiger partial charge on any atom is 0.255 e. The van der Waals surface area contributed by atoms with Gasteiger partial charge in [0.25, 0.3) is 5.91 Å². The minimum absolute atomic E-state index is 0.199. The van der Waals surface area contributed by atoms with Crippen molar-refractivity contribution >= 4 is 21.6 Å². The number of carbonyl (C=O) groups excluding carboxylic acids is 1. The number of methoxy groups -OCH3 is 1. The largest absolute Gasteiger partial charge is 0.496 e. The van der Waals surface area contributed by atoms with E-state index in [0.29, 0.717) is 11.4 Å². The van der Waals surface area contributed by atoms with Crippen LogP contribution in [0.1, 0.15) is 28.9 Å². The van der Waals surface area contributed by atoms with E-state index in [1.807, 2.05) is 37.3 Å². The Morgan fingerprint density at radius 3 is 2.36 bits per heavy atom. The normalized spacial score (nSPS) is 12.3. The summed E-state index contributed by atoms with van der Waals surface area (Å²) < 4.78 is 29.8. The number of rotatable bonds is 6. The van der Waals surface area contributed by atoms with Gasteiger partial charge in [0, 0.05) is 7.05 Å². The smallest absolute Gasteiger partial charge is 0.255 e. The van der Waals surface area contributed by atoms with E-state index < -0.39 is 10.0 Å². The Labute approximate surface area is 148 Å². The third kappa shape index (κ3) is 4.51. The zero-order valence-electron chi connectivity index (χ0n) is 14.7. The summed E-state index contributed by atoms with van der Waals surface area (Å²) in [6, 6.07) is 14.1. The fraction of sp³-hybridized carbons (Fsp3) is 0.278. The van der Waals surface area contributed by atoms with Gasteiger partial charge in [-0.05, 0) is 30.7 Å². The highest BCUT2D eigenvalue weighted by Crippen LogP contribution is 2.26. The van der Waals surface area contributed by atoms with Gasteiger partial charge in [0.15, 0.2) is 0 Å². The van der Waals surface area contributed by atoms with Crippen molar-refractivity contribution in [1.82, 2.24) is 5.32 Å². The lowest BCUT2D eigenvalue weighted by Crippen LogP contribution is -2.28. The number of hydrogen-bond acceptors (Lipinski definition) is 4. The molecule has 2 aromatic rings. The first-order valence-electron chi connectivity index (χ1n) is 7.71. The fourth-order valence-corrected chi connectivity index (χ4v) is 2.86. The zero-order valence-corrected chi connectivity index (χ0v) is 15.5. The second-order valence-electron chi connectivity index (χ2n) is 5.72. The molecule has 0 heterocycles. The van der Waals surface area contributed by atoms with Crippen molar-refractivity contribution in [3.05, 3.63) is 59.7 Å². The Kier molecular flexibility index (Phi) is 5.69. The van der Waals surface area contributed by atoms with Crippen LogP contribution in [0.25, 0.3) is 0 Å². The van der Waals surface area contributed by atoms with Gasteiger partial charge in [0.2, 0.25) is 10.0 Å². The van der Waals surface area contributed by atoms with Gasteiger partial charge in [-0.25, -0.2) is 8.42 Å². The lowest BCUT2D eigenvalue weighted by atomic mass is 10.1. The van der Waals surface area contributed by atoms with Gasteiger partial charge in [-0.1, -0.05) is 30.3 Å². The highest BCUT2D eigenvalue weighted by Gasteiger charge is 2.19. The summed E-state index contributed by atoms with van der Waals surface area (Å²) in [6.45, 7) is 1.88. The van der Waals surface area contributed by atoms with E-state index in [1.165, 1.54) is 20.2 Å². The minimum atomic E-state index is -3.42. The molecule has 0 radical (unpaired) electrons. The molecule has 0 aliphatic rings. The molecule has 7 heteroatoms. The third-order valence-corrected chi connectivity index (χ3v) is 5.14. The van der Waals surface area contributed by atoms with Crippen molar-refractivity contribution in [3.63, 3.8) is 0 Å². The predicted molar refractivity (Wildman–Crippen MR) is 98.6 cm³/mol. The van der Waals surface area contributed by atoms with E-state index in [9.17, 15) is 13.2 Å². The Morgan fingerprint density at radius 2 is 1.80 bits per heavy atom. The van der Waals surface area contributed by atoms with Crippen molar-refractivity contribution in [3.8, 4) is 5.75 Å². The van der Waals surface area contributed by atoms with Crippen LogP contribution in [-0.4, -0.2) is 34.7 Å². The van der Waals surface area contributed by atoms with Crippen LogP contribution in [0.5, 0.6) is 5.75 Å². The number of hydrogen-bond donors (Lipinski definition) is 1. The van der Waals surface area contributed by atoms with Crippen LogP contribution in [0, 0.1) is 0 Å². The molecule has 6 nitrogen and oxygen atoms in total. The van der Waals surface area contributed by atoms with E-state index in [1.54, 1.807) is 12.1 Å². The summed E-state index contributed by atoms with van der Waals surface area (Å²) in [4.78, 5) is 12.7. The standard InChI is InChI=1S/C18H22N2O4S/c1-13(14-8-6-5-7-9-14)19-18(21)16-12-15(10-11-17(16)24-3)20(2)25(4,22)23/h5-13H,1-4H3,(H,19,21). The van der Waals surface area contributed by atoms with Crippen LogP contribution >= 0.6 is 0 Å². The molecule has 1 atom stereocenters. The number of nitrogens with one attached hydrogen (secondary N) is 1. The first kappa shape index (κ1) is 18.8. The summed E-state index contributed by atoms with van der Waals surface area (Å²) in [7, 11) is -0.522. The molecule has 134 valence electrons. The van der Waals surface area contributed by atoms with Gasteiger partial charge in [0.1, 0.15) is 5.75 Å². The predicted octanol–water partition coefficient (Wildman–Crippen LogP) is 2.58. The van der Waals surface area contributed by atoms with Gasteiger partial charge in [-0.15, -0.1) is 0 Å². The molecule has 0 saturated carbocycles. The van der Waals surface area contributed by atoms with Crippen LogP contribution in [0.4, 0.5) is 5.69 Å². The van der Waals surface area contributed by atoms with E-state index in [0.717, 1.165) is 16.1 Å². The van der Waals surface area contributed by atoms with Gasteiger partial charge in [0.05, 0.1) is 30.7 Å². The van der Waals surface area contributed by atoms with Crippen molar-refractivity contribution in [2.24, 2.45) is 0 Å². The molecule has 1 unspecified atom stereocenters. The minimum Gasteiger partial charge on any atom is -0.496 e. The SMILES string of the molecule is COc1ccc(N(C)S(C)(=O)=O)cc1C(=O)NC(C)c1ccccc1. The average molecular weight is 362 g/mol. The molecule has 0 fully saturated rings. The van der Waals surface area contributed by atoms with Gasteiger partial charge in [-0.3, -0.25) is 9.10 Å². The molecular formula is C18H22N2O4S. The molecule has 25 heavy (non-hydrogen) atoms. The fourth-order valence-electron chi connectivity index (χ4n) is 2.36. The quantitative estimate of drug-likeness (QED) is 0.857. The van der Waals surface area contributed by atoms with Crippen LogP contribution in [0.15, 0.2) is 48.5 Å². The number of nitrogens with zero attached hydrogens (tertiary/aromatic N) is 1. The lowest BCUT2D eigenvalue weighted by molar-refractivity contribution is 0.0937. The zero-order chi connectivity index (χ0) is 18.6. The van der Waals surface area contributed by atoms with Crippen LogP contribution in [0.2, 0.25) is 0 Å². The Hall–Kier alpha value is -2.54. The summed E-state index contributed by atoms with van der Waals surface area (Å²) in [5, 5.41) is 2.91. The van der Waals surface area contributed by atoms with Gasteiger partial charge in [-0.2, -0.15) is 0 Å². The topological polar surface area (TPSA) is 75.7 Å². The molecule has 0 aromatic heterocycles. The van der Waals surface area contributed by atoms with E-state index >= 15 is 0 Å². The summed E-state index contributed by atoms with van der Waals surface area (Å²) in [5.74, 6) is 0.0420. The summed E-state index contributed by atoms with van der Waals surface area (Å²) in [6.07, 6.45) is 1.11. The van der Waals surface area contributed by atoms with E-state index in [2.05, 4.69) is 5.32 Å². The highest BCUT2D eigenvalue weighted by molar-refractivity contribution is 7.92. The number of anilines is 1. The van der Waals surface area contributed by atoms with Crippen molar-refractivity contribution < 1.29 is 17.9 Å². The molecule has 1 N–H and O–H groups in total. The molecule has 0 spiro atoms. The lowest BCUT2D eigenvalue weighted by Gasteiger charge is -2.20. The molecule has 0 aliphatic carbocycles. The second-order valence-corrected chi connectivity index (χ2v) is 7.73. The molecule has 0 bridgehead atoms. The van der Waals surface area contributed by atoms with E-state index in [-0.39, 0.29) is 17.5 Å². The Balaban J connectivity index is 2.31. The first-order chi connectivity index (χ1) is 11.7. The Bertz CT molecular complexity index is 851. The maximum absolute atomic E-state index is 12.7. The average Bonchev–Trinajstić information content (AvgIpc) is 2.60. The summed E-state index contributed by atoms with van der Waals surface area (Å²) in [5.41, 5.74) is 1.64. The number of amides is 1. The highest BCUT2D eigenvalue weighted by atomic mass is 32.2. The van der Waals surface area contributed by atoms with Crippen LogP contribution in [-0.2, 0) is 10.0 Å². The number of benzene rings is 2. The molecule has 0 saturated heterocycles.